The SMILES string of the molecule is O=C(Cl)C1CCCN(C(=O)OCc2ccccc2)N1C(=O)OCC1c2ccccc2-c2ccccc21. The van der Waals surface area contributed by atoms with E-state index in [-0.39, 0.29) is 25.7 Å². The van der Waals surface area contributed by atoms with E-state index in [4.69, 9.17) is 21.1 Å². The van der Waals surface area contributed by atoms with Gasteiger partial charge in [0.15, 0.2) is 0 Å². The number of carbonyl (C=O) groups is 3. The third kappa shape index (κ3) is 4.66. The minimum absolute atomic E-state index is 0.0359. The molecule has 1 heterocycles. The maximum absolute atomic E-state index is 13.3. The van der Waals surface area contributed by atoms with Gasteiger partial charge in [0.2, 0.25) is 5.24 Å². The lowest BCUT2D eigenvalue weighted by Gasteiger charge is -2.40. The minimum Gasteiger partial charge on any atom is -0.447 e. The van der Waals surface area contributed by atoms with Gasteiger partial charge in [-0.25, -0.2) is 19.6 Å². The summed E-state index contributed by atoms with van der Waals surface area (Å²) in [4.78, 5) is 38.5. The number of hydrazine groups is 1. The number of hydrogen-bond acceptors (Lipinski definition) is 5. The number of halogens is 1. The summed E-state index contributed by atoms with van der Waals surface area (Å²) in [5, 5.41) is 1.40. The van der Waals surface area contributed by atoms with Gasteiger partial charge in [0.1, 0.15) is 19.3 Å². The van der Waals surface area contributed by atoms with Gasteiger partial charge in [-0.15, -0.1) is 0 Å². The fourth-order valence-corrected chi connectivity index (χ4v) is 5.10. The normalized spacial score (nSPS) is 16.8. The second-order valence-corrected chi connectivity index (χ2v) is 9.15. The molecule has 1 aliphatic heterocycles. The summed E-state index contributed by atoms with van der Waals surface area (Å²) in [7, 11) is 0. The van der Waals surface area contributed by atoms with Crippen LogP contribution in [0.1, 0.15) is 35.4 Å². The predicted molar refractivity (Wildman–Crippen MR) is 134 cm³/mol. The van der Waals surface area contributed by atoms with Crippen LogP contribution in [-0.4, -0.2) is 46.6 Å². The van der Waals surface area contributed by atoms with Gasteiger partial charge in [-0.3, -0.25) is 4.79 Å². The summed E-state index contributed by atoms with van der Waals surface area (Å²) in [6.45, 7) is 0.298. The standard InChI is InChI=1S/C28H25ClN2O5/c29-26(32)25-15-8-16-30(27(33)35-17-19-9-2-1-3-10-19)31(25)28(34)36-18-24-22-13-6-4-11-20(22)21-12-5-7-14-23(21)24/h1-7,9-14,24-25H,8,15-18H2. The number of benzene rings is 3. The van der Waals surface area contributed by atoms with Crippen LogP contribution in [0.15, 0.2) is 78.9 Å². The van der Waals surface area contributed by atoms with Gasteiger partial charge in [-0.2, -0.15) is 0 Å². The number of carbonyl (C=O) groups excluding carboxylic acids is 3. The second kappa shape index (κ2) is 10.4. The summed E-state index contributed by atoms with van der Waals surface area (Å²) >= 11 is 5.83. The fourth-order valence-electron chi connectivity index (χ4n) is 4.90. The van der Waals surface area contributed by atoms with E-state index in [9.17, 15) is 14.4 Å². The van der Waals surface area contributed by atoms with Crippen LogP contribution in [0.2, 0.25) is 0 Å². The van der Waals surface area contributed by atoms with Crippen LogP contribution in [0.5, 0.6) is 0 Å². The Labute approximate surface area is 214 Å². The van der Waals surface area contributed by atoms with E-state index in [0.717, 1.165) is 37.8 Å². The van der Waals surface area contributed by atoms with Crippen molar-refractivity contribution in [1.82, 2.24) is 10.0 Å². The van der Waals surface area contributed by atoms with Gasteiger partial charge in [-0.1, -0.05) is 78.9 Å². The van der Waals surface area contributed by atoms with Crippen molar-refractivity contribution in [3.63, 3.8) is 0 Å². The molecule has 0 spiro atoms. The highest BCUT2D eigenvalue weighted by molar-refractivity contribution is 6.64. The number of ether oxygens (including phenoxy) is 2. The van der Waals surface area contributed by atoms with Gasteiger partial charge < -0.3 is 9.47 Å². The van der Waals surface area contributed by atoms with Gasteiger partial charge in [0.05, 0.1) is 0 Å². The molecule has 0 radical (unpaired) electrons. The van der Waals surface area contributed by atoms with E-state index in [1.54, 1.807) is 0 Å². The molecule has 1 atom stereocenters. The lowest BCUT2D eigenvalue weighted by molar-refractivity contribution is -0.126. The third-order valence-corrected chi connectivity index (χ3v) is 6.86. The number of fused-ring (bicyclic) bond motifs is 3. The van der Waals surface area contributed by atoms with Crippen LogP contribution >= 0.6 is 11.6 Å². The Bertz CT molecular complexity index is 1240. The molecule has 1 unspecified atom stereocenters. The first-order valence-corrected chi connectivity index (χ1v) is 12.2. The molecule has 7 nitrogen and oxygen atoms in total. The maximum atomic E-state index is 13.3. The Kier molecular flexibility index (Phi) is 6.91. The molecule has 0 bridgehead atoms. The topological polar surface area (TPSA) is 76.2 Å². The van der Waals surface area contributed by atoms with Crippen molar-refractivity contribution in [3.8, 4) is 11.1 Å². The highest BCUT2D eigenvalue weighted by Crippen LogP contribution is 2.44. The Hall–Kier alpha value is -3.84. The molecular formula is C28H25ClN2O5. The zero-order valence-corrected chi connectivity index (χ0v) is 20.3. The zero-order valence-electron chi connectivity index (χ0n) is 19.5. The molecule has 1 fully saturated rings. The molecule has 8 heteroatoms. The van der Waals surface area contributed by atoms with E-state index in [0.29, 0.717) is 12.8 Å². The Morgan fingerprint density at radius 3 is 2.06 bits per heavy atom. The zero-order chi connectivity index (χ0) is 25.1. The quantitative estimate of drug-likeness (QED) is 0.415. The molecule has 1 saturated heterocycles. The van der Waals surface area contributed by atoms with Crippen LogP contribution in [-0.2, 0) is 20.9 Å². The van der Waals surface area contributed by atoms with Gasteiger partial charge in [-0.05, 0) is 52.3 Å². The van der Waals surface area contributed by atoms with Crippen LogP contribution in [0.3, 0.4) is 0 Å². The molecule has 0 N–H and O–H groups in total. The summed E-state index contributed by atoms with van der Waals surface area (Å²) in [6.07, 6.45) is -0.728. The van der Waals surface area contributed by atoms with Gasteiger partial charge >= 0.3 is 12.2 Å². The summed E-state index contributed by atoms with van der Waals surface area (Å²) in [5.41, 5.74) is 5.14. The van der Waals surface area contributed by atoms with Crippen molar-refractivity contribution in [3.05, 3.63) is 95.6 Å². The lowest BCUT2D eigenvalue weighted by atomic mass is 9.98. The largest absolute Gasteiger partial charge is 0.447 e. The summed E-state index contributed by atoms with van der Waals surface area (Å²) in [6, 6.07) is 24.2. The first-order chi connectivity index (χ1) is 17.5. The molecular weight excluding hydrogens is 480 g/mol. The van der Waals surface area contributed by atoms with Crippen molar-refractivity contribution < 1.29 is 23.9 Å². The van der Waals surface area contributed by atoms with Crippen LogP contribution in [0.25, 0.3) is 11.1 Å². The summed E-state index contributed by atoms with van der Waals surface area (Å²) < 4.78 is 11.2. The van der Waals surface area contributed by atoms with Crippen molar-refractivity contribution >= 4 is 29.0 Å². The molecule has 184 valence electrons. The number of nitrogens with zero attached hydrogens (tertiary/aromatic N) is 2. The van der Waals surface area contributed by atoms with Crippen molar-refractivity contribution in [2.75, 3.05) is 13.2 Å². The molecule has 36 heavy (non-hydrogen) atoms. The van der Waals surface area contributed by atoms with E-state index in [2.05, 4.69) is 0 Å². The number of amides is 2. The average molecular weight is 505 g/mol. The monoisotopic (exact) mass is 504 g/mol. The maximum Gasteiger partial charge on any atom is 0.429 e. The first-order valence-electron chi connectivity index (χ1n) is 11.9. The van der Waals surface area contributed by atoms with Crippen molar-refractivity contribution in [1.29, 1.82) is 0 Å². The first kappa shape index (κ1) is 23.9. The Morgan fingerprint density at radius 2 is 1.42 bits per heavy atom. The molecule has 0 saturated carbocycles. The Morgan fingerprint density at radius 1 is 0.806 bits per heavy atom. The van der Waals surface area contributed by atoms with Crippen LogP contribution < -0.4 is 0 Å². The molecule has 1 aliphatic carbocycles. The molecule has 2 amide bonds. The van der Waals surface area contributed by atoms with Crippen LogP contribution in [0.4, 0.5) is 9.59 Å². The van der Waals surface area contributed by atoms with E-state index < -0.39 is 23.5 Å². The molecule has 3 aromatic rings. The molecule has 0 aromatic heterocycles. The number of rotatable bonds is 5. The van der Waals surface area contributed by atoms with E-state index >= 15 is 0 Å². The van der Waals surface area contributed by atoms with Gasteiger partial charge in [0.25, 0.3) is 0 Å². The Balaban J connectivity index is 1.33. The fraction of sp³-hybridized carbons (Fsp3) is 0.250. The van der Waals surface area contributed by atoms with Gasteiger partial charge in [0, 0.05) is 12.5 Å². The second-order valence-electron chi connectivity index (χ2n) is 8.77. The number of hydrogen-bond donors (Lipinski definition) is 0. The smallest absolute Gasteiger partial charge is 0.429 e. The third-order valence-electron chi connectivity index (χ3n) is 6.60. The molecule has 3 aromatic carbocycles. The van der Waals surface area contributed by atoms with Crippen molar-refractivity contribution in [2.45, 2.75) is 31.4 Å². The van der Waals surface area contributed by atoms with Crippen LogP contribution in [0, 0.1) is 0 Å². The van der Waals surface area contributed by atoms with E-state index in [1.807, 2.05) is 78.9 Å². The lowest BCUT2D eigenvalue weighted by Crippen LogP contribution is -2.59. The predicted octanol–water partition coefficient (Wildman–Crippen LogP) is 5.72. The summed E-state index contributed by atoms with van der Waals surface area (Å²) in [5.74, 6) is -0.158. The molecule has 5 rings (SSSR count). The molecule has 2 aliphatic rings. The highest BCUT2D eigenvalue weighted by Gasteiger charge is 2.41. The highest BCUT2D eigenvalue weighted by atomic mass is 35.5. The van der Waals surface area contributed by atoms with Crippen molar-refractivity contribution in [2.24, 2.45) is 0 Å². The average Bonchev–Trinajstić information content (AvgIpc) is 3.24. The minimum atomic E-state index is -1.01. The van der Waals surface area contributed by atoms with E-state index in [1.165, 1.54) is 0 Å².